The maximum Gasteiger partial charge on any atom is 0.311 e. The Morgan fingerprint density at radius 2 is 1.56 bits per heavy atom. The number of benzene rings is 1. The Labute approximate surface area is 116 Å². The van der Waals surface area contributed by atoms with Gasteiger partial charge in [-0.15, -0.1) is 0 Å². The van der Waals surface area contributed by atoms with Crippen molar-refractivity contribution in [3.05, 3.63) is 30.3 Å². The van der Waals surface area contributed by atoms with Crippen LogP contribution in [-0.2, 0) is 8.23 Å². The second-order valence-corrected chi connectivity index (χ2v) is 15.4. The van der Waals surface area contributed by atoms with E-state index in [0.717, 1.165) is 0 Å². The van der Waals surface area contributed by atoms with Gasteiger partial charge in [0.2, 0.25) is 0 Å². The molecule has 18 heavy (non-hydrogen) atoms. The topological polar surface area (TPSA) is 18.5 Å². The zero-order valence-electron chi connectivity index (χ0n) is 12.4. The summed E-state index contributed by atoms with van der Waals surface area (Å²) in [5, 5.41) is 1.39. The Hall–Kier alpha value is -0.209. The van der Waals surface area contributed by atoms with Gasteiger partial charge in [-0.05, 0) is 36.9 Å². The van der Waals surface area contributed by atoms with Crippen LogP contribution in [0.2, 0.25) is 31.7 Å². The molecule has 0 spiro atoms. The normalized spacial score (nSPS) is 14.2. The average Bonchev–Trinajstić information content (AvgIpc) is 2.25. The van der Waals surface area contributed by atoms with Crippen LogP contribution in [0.25, 0.3) is 0 Å². The van der Waals surface area contributed by atoms with E-state index in [1.807, 2.05) is 0 Å². The first-order valence-corrected chi connectivity index (χ1v) is 14.0. The van der Waals surface area contributed by atoms with Gasteiger partial charge in [-0.2, -0.15) is 0 Å². The van der Waals surface area contributed by atoms with Gasteiger partial charge in [0, 0.05) is 0 Å². The van der Waals surface area contributed by atoms with Crippen LogP contribution in [0.1, 0.15) is 13.8 Å². The third-order valence-corrected chi connectivity index (χ3v) is 12.4. The second kappa shape index (κ2) is 6.81. The minimum Gasteiger partial charge on any atom is -0.440 e. The van der Waals surface area contributed by atoms with Crippen molar-refractivity contribution in [3.63, 3.8) is 0 Å². The van der Waals surface area contributed by atoms with Crippen LogP contribution in [-0.4, -0.2) is 26.6 Å². The van der Waals surface area contributed by atoms with Crippen LogP contribution in [0.5, 0.6) is 0 Å². The van der Waals surface area contributed by atoms with E-state index in [2.05, 4.69) is 70.4 Å². The molecule has 1 atom stereocenters. The zero-order valence-corrected chi connectivity index (χ0v) is 15.7. The predicted octanol–water partition coefficient (Wildman–Crippen LogP) is 2.75. The van der Waals surface area contributed by atoms with E-state index in [1.165, 1.54) is 5.19 Å². The van der Waals surface area contributed by atoms with Crippen LogP contribution in [0, 0.1) is 0 Å². The molecule has 2 nitrogen and oxygen atoms in total. The van der Waals surface area contributed by atoms with Gasteiger partial charge >= 0.3 is 8.56 Å². The molecule has 0 N–H and O–H groups in total. The molecule has 0 bridgehead atoms. The van der Waals surface area contributed by atoms with Crippen molar-refractivity contribution in [1.82, 2.24) is 0 Å². The van der Waals surface area contributed by atoms with Gasteiger partial charge in [-0.25, -0.2) is 0 Å². The van der Waals surface area contributed by atoms with Crippen LogP contribution < -0.4 is 5.19 Å². The lowest BCUT2D eigenvalue weighted by molar-refractivity contribution is 0.410. The molecule has 0 aliphatic heterocycles. The van der Waals surface area contributed by atoms with Gasteiger partial charge in [-0.3, -0.25) is 0 Å². The first kappa shape index (κ1) is 15.8. The lowest BCUT2D eigenvalue weighted by Crippen LogP contribution is -2.49. The Kier molecular flexibility index (Phi) is 6.00. The maximum absolute atomic E-state index is 6.49. The van der Waals surface area contributed by atoms with Crippen molar-refractivity contribution in [1.29, 1.82) is 0 Å². The lowest BCUT2D eigenvalue weighted by Gasteiger charge is -2.32. The highest BCUT2D eigenvalue weighted by molar-refractivity contribution is 6.82. The standard InChI is InChI=1S/C13H26O2Si3/c1-12(2)17(13-10-8-7-9-11-13)15-18(5,6)14-16(3)4/h7-12,16-17H,1-6H3. The van der Waals surface area contributed by atoms with E-state index in [9.17, 15) is 0 Å². The number of rotatable bonds is 6. The molecule has 0 heterocycles. The number of hydrogen-bond donors (Lipinski definition) is 0. The van der Waals surface area contributed by atoms with Gasteiger partial charge in [0.15, 0.2) is 18.1 Å². The van der Waals surface area contributed by atoms with Gasteiger partial charge in [0.1, 0.15) is 0 Å². The molecule has 1 aromatic rings. The Bertz CT molecular complexity index is 353. The molecule has 0 amide bonds. The molecule has 1 aromatic carbocycles. The van der Waals surface area contributed by atoms with Crippen molar-refractivity contribution < 1.29 is 8.23 Å². The minimum absolute atomic E-state index is 0.594. The molecule has 5 heteroatoms. The summed E-state index contributed by atoms with van der Waals surface area (Å²) in [6.45, 7) is 13.3. The highest BCUT2D eigenvalue weighted by Gasteiger charge is 2.32. The maximum atomic E-state index is 6.49. The first-order chi connectivity index (χ1) is 8.32. The summed E-state index contributed by atoms with van der Waals surface area (Å²) in [5.74, 6) is 0. The van der Waals surface area contributed by atoms with Crippen molar-refractivity contribution in [2.45, 2.75) is 45.6 Å². The highest BCUT2D eigenvalue weighted by atomic mass is 28.5. The lowest BCUT2D eigenvalue weighted by atomic mass is 10.4. The third kappa shape index (κ3) is 5.19. The largest absolute Gasteiger partial charge is 0.440 e. The summed E-state index contributed by atoms with van der Waals surface area (Å²) >= 11 is 0. The molecule has 0 fully saturated rings. The fraction of sp³-hybridized carbons (Fsp3) is 0.538. The predicted molar refractivity (Wildman–Crippen MR) is 86.9 cm³/mol. The smallest absolute Gasteiger partial charge is 0.311 e. The SMILES string of the molecule is CC(C)[SiH](O[Si](C)(C)O[SiH](C)C)c1ccccc1. The average molecular weight is 299 g/mol. The fourth-order valence-corrected chi connectivity index (χ4v) is 12.8. The monoisotopic (exact) mass is 298 g/mol. The first-order valence-electron chi connectivity index (χ1n) is 6.72. The summed E-state index contributed by atoms with van der Waals surface area (Å²) < 4.78 is 12.6. The van der Waals surface area contributed by atoms with Crippen LogP contribution in [0.4, 0.5) is 0 Å². The van der Waals surface area contributed by atoms with Crippen LogP contribution in [0.3, 0.4) is 0 Å². The quantitative estimate of drug-likeness (QED) is 0.752. The van der Waals surface area contributed by atoms with E-state index in [4.69, 9.17) is 8.23 Å². The van der Waals surface area contributed by atoms with Crippen molar-refractivity contribution in [3.8, 4) is 0 Å². The zero-order chi connectivity index (χ0) is 13.8. The van der Waals surface area contributed by atoms with E-state index in [1.54, 1.807) is 0 Å². The molecule has 1 unspecified atom stereocenters. The second-order valence-electron chi connectivity index (χ2n) is 5.76. The highest BCUT2D eigenvalue weighted by Crippen LogP contribution is 2.17. The third-order valence-electron chi connectivity index (χ3n) is 2.66. The van der Waals surface area contributed by atoms with E-state index in [-0.39, 0.29) is 0 Å². The molecule has 0 saturated heterocycles. The van der Waals surface area contributed by atoms with Gasteiger partial charge in [-0.1, -0.05) is 44.2 Å². The molecule has 102 valence electrons. The number of hydrogen-bond acceptors (Lipinski definition) is 2. The van der Waals surface area contributed by atoms with Crippen molar-refractivity contribution in [2.75, 3.05) is 0 Å². The molecule has 0 aromatic heterocycles. The van der Waals surface area contributed by atoms with Gasteiger partial charge in [0.05, 0.1) is 0 Å². The molecular formula is C13H26O2Si3. The molecule has 0 radical (unpaired) electrons. The Morgan fingerprint density at radius 1 is 1.00 bits per heavy atom. The van der Waals surface area contributed by atoms with E-state index >= 15 is 0 Å². The summed E-state index contributed by atoms with van der Waals surface area (Å²) in [6, 6.07) is 10.7. The van der Waals surface area contributed by atoms with Gasteiger partial charge < -0.3 is 8.23 Å². The summed E-state index contributed by atoms with van der Waals surface area (Å²) in [4.78, 5) is 0. The van der Waals surface area contributed by atoms with Gasteiger partial charge in [0.25, 0.3) is 0 Å². The van der Waals surface area contributed by atoms with E-state index < -0.39 is 26.6 Å². The van der Waals surface area contributed by atoms with Crippen LogP contribution >= 0.6 is 0 Å². The van der Waals surface area contributed by atoms with Crippen molar-refractivity contribution >= 4 is 31.8 Å². The van der Waals surface area contributed by atoms with Crippen LogP contribution in [0.15, 0.2) is 30.3 Å². The summed E-state index contributed by atoms with van der Waals surface area (Å²) in [7, 11) is -4.36. The Balaban J connectivity index is 2.82. The Morgan fingerprint density at radius 3 is 2.00 bits per heavy atom. The van der Waals surface area contributed by atoms with E-state index in [0.29, 0.717) is 5.54 Å². The van der Waals surface area contributed by atoms with Crippen molar-refractivity contribution in [2.24, 2.45) is 0 Å². The summed E-state index contributed by atoms with van der Waals surface area (Å²) in [6.07, 6.45) is 0. The fourth-order valence-electron chi connectivity index (χ4n) is 2.13. The molecule has 0 saturated carbocycles. The minimum atomic E-state index is -1.95. The molecule has 0 aliphatic rings. The molecule has 0 aliphatic carbocycles. The molecular weight excluding hydrogens is 272 g/mol. The summed E-state index contributed by atoms with van der Waals surface area (Å²) in [5.41, 5.74) is 0.594. The molecule has 1 rings (SSSR count).